The Labute approximate surface area is 88.3 Å². The van der Waals surface area contributed by atoms with Crippen molar-refractivity contribution >= 4 is 5.82 Å². The zero-order valence-electron chi connectivity index (χ0n) is 8.46. The third-order valence-electron chi connectivity index (χ3n) is 2.08. The molecule has 0 spiro atoms. The highest BCUT2D eigenvalue weighted by molar-refractivity contribution is 5.59. The third-order valence-corrected chi connectivity index (χ3v) is 2.08. The first-order chi connectivity index (χ1) is 7.27. The van der Waals surface area contributed by atoms with Crippen molar-refractivity contribution in [2.45, 2.75) is 0 Å². The van der Waals surface area contributed by atoms with E-state index in [0.717, 1.165) is 11.3 Å². The van der Waals surface area contributed by atoms with Gasteiger partial charge in [0, 0.05) is 12.6 Å². The van der Waals surface area contributed by atoms with Gasteiger partial charge in [-0.2, -0.15) is 0 Å². The van der Waals surface area contributed by atoms with Gasteiger partial charge < -0.3 is 0 Å². The molecule has 0 atom stereocenters. The summed E-state index contributed by atoms with van der Waals surface area (Å²) in [6.45, 7) is 0. The molecule has 2 aromatic rings. The molecule has 0 aliphatic carbocycles. The molecule has 4 heteroatoms. The summed E-state index contributed by atoms with van der Waals surface area (Å²) >= 11 is 0. The zero-order chi connectivity index (χ0) is 10.7. The molecule has 2 rings (SSSR count). The van der Waals surface area contributed by atoms with Crippen LogP contribution in [0, 0.1) is 0 Å². The van der Waals surface area contributed by atoms with Crippen molar-refractivity contribution in [1.29, 1.82) is 0 Å². The van der Waals surface area contributed by atoms with Crippen molar-refractivity contribution < 1.29 is 0 Å². The summed E-state index contributed by atoms with van der Waals surface area (Å²) in [5.74, 6) is 6.18. The zero-order valence-corrected chi connectivity index (χ0v) is 8.46. The predicted octanol–water partition coefficient (Wildman–Crippen LogP) is 1.45. The fourth-order valence-corrected chi connectivity index (χ4v) is 1.28. The van der Waals surface area contributed by atoms with E-state index in [-0.39, 0.29) is 0 Å². The molecule has 0 radical (unpaired) electrons. The maximum Gasteiger partial charge on any atom is 0.164 e. The molecule has 1 heterocycles. The fraction of sp³-hybridized carbons (Fsp3) is 0.0909. The molecular formula is C11H12N4. The highest BCUT2D eigenvalue weighted by Crippen LogP contribution is 2.16. The number of benzene rings is 1. The molecular weight excluding hydrogens is 188 g/mol. The molecule has 0 unspecified atom stereocenters. The van der Waals surface area contributed by atoms with Crippen molar-refractivity contribution in [1.82, 2.24) is 10.2 Å². The smallest absolute Gasteiger partial charge is 0.164 e. The van der Waals surface area contributed by atoms with E-state index in [1.54, 1.807) is 7.05 Å². The van der Waals surface area contributed by atoms with Crippen molar-refractivity contribution in [2.75, 3.05) is 12.1 Å². The molecule has 76 valence electrons. The van der Waals surface area contributed by atoms with E-state index in [4.69, 9.17) is 5.84 Å². The minimum absolute atomic E-state index is 0.648. The summed E-state index contributed by atoms with van der Waals surface area (Å²) in [4.78, 5) is 0. The van der Waals surface area contributed by atoms with Gasteiger partial charge in [-0.25, -0.2) is 5.84 Å². The molecule has 1 aromatic carbocycles. The lowest BCUT2D eigenvalue weighted by Gasteiger charge is -2.09. The van der Waals surface area contributed by atoms with E-state index in [9.17, 15) is 0 Å². The van der Waals surface area contributed by atoms with Crippen molar-refractivity contribution in [2.24, 2.45) is 5.84 Å². The summed E-state index contributed by atoms with van der Waals surface area (Å²) in [5, 5.41) is 9.54. The van der Waals surface area contributed by atoms with Crippen LogP contribution in [0.4, 0.5) is 5.82 Å². The Morgan fingerprint density at radius 1 is 1.00 bits per heavy atom. The maximum atomic E-state index is 5.53. The van der Waals surface area contributed by atoms with Crippen LogP contribution in [0.3, 0.4) is 0 Å². The van der Waals surface area contributed by atoms with Gasteiger partial charge in [0.1, 0.15) is 0 Å². The molecule has 4 nitrogen and oxygen atoms in total. The Bertz CT molecular complexity index is 422. The first kappa shape index (κ1) is 9.61. The number of hydrazine groups is 1. The van der Waals surface area contributed by atoms with Gasteiger partial charge in [0.2, 0.25) is 0 Å². The van der Waals surface area contributed by atoms with E-state index < -0.39 is 0 Å². The van der Waals surface area contributed by atoms with E-state index in [2.05, 4.69) is 10.2 Å². The third kappa shape index (κ3) is 2.11. The first-order valence-electron chi connectivity index (χ1n) is 4.65. The Hall–Kier alpha value is -1.94. The van der Waals surface area contributed by atoms with Crippen LogP contribution >= 0.6 is 0 Å². The van der Waals surface area contributed by atoms with Crippen LogP contribution < -0.4 is 10.9 Å². The van der Waals surface area contributed by atoms with Gasteiger partial charge >= 0.3 is 0 Å². The van der Waals surface area contributed by atoms with Crippen molar-refractivity contribution in [3.8, 4) is 11.3 Å². The molecule has 2 N–H and O–H groups in total. The Balaban J connectivity index is 2.32. The van der Waals surface area contributed by atoms with Gasteiger partial charge in [-0.3, -0.25) is 5.01 Å². The van der Waals surface area contributed by atoms with Crippen LogP contribution in [-0.2, 0) is 0 Å². The molecule has 0 amide bonds. The highest BCUT2D eigenvalue weighted by atomic mass is 15.4. The van der Waals surface area contributed by atoms with Gasteiger partial charge in [0.15, 0.2) is 5.82 Å². The summed E-state index contributed by atoms with van der Waals surface area (Å²) in [7, 11) is 1.73. The van der Waals surface area contributed by atoms with Gasteiger partial charge in [0.25, 0.3) is 0 Å². The molecule has 0 aliphatic rings. The van der Waals surface area contributed by atoms with Gasteiger partial charge in [-0.1, -0.05) is 30.3 Å². The lowest BCUT2D eigenvalue weighted by molar-refractivity contribution is 0.921. The highest BCUT2D eigenvalue weighted by Gasteiger charge is 2.01. The molecule has 0 aliphatic heterocycles. The van der Waals surface area contributed by atoms with E-state index in [0.29, 0.717) is 5.82 Å². The number of anilines is 1. The monoisotopic (exact) mass is 200 g/mol. The molecule has 0 saturated carbocycles. The molecule has 0 fully saturated rings. The number of aromatic nitrogens is 2. The molecule has 15 heavy (non-hydrogen) atoms. The van der Waals surface area contributed by atoms with Crippen molar-refractivity contribution in [3.05, 3.63) is 42.5 Å². The normalized spacial score (nSPS) is 10.0. The Morgan fingerprint density at radius 2 is 1.73 bits per heavy atom. The van der Waals surface area contributed by atoms with Crippen LogP contribution in [0.1, 0.15) is 0 Å². The predicted molar refractivity (Wildman–Crippen MR) is 60.1 cm³/mol. The molecule has 0 bridgehead atoms. The van der Waals surface area contributed by atoms with Crippen LogP contribution in [0.15, 0.2) is 42.5 Å². The second kappa shape index (κ2) is 4.06. The number of hydrogen-bond donors (Lipinski definition) is 1. The molecule has 0 saturated heterocycles. The minimum Gasteiger partial charge on any atom is -0.297 e. The molecule has 1 aromatic heterocycles. The fourth-order valence-electron chi connectivity index (χ4n) is 1.28. The Morgan fingerprint density at radius 3 is 2.27 bits per heavy atom. The van der Waals surface area contributed by atoms with E-state index in [1.165, 1.54) is 5.01 Å². The SMILES string of the molecule is CN(N)c1ccc(-c2ccccc2)nn1. The number of nitrogens with zero attached hydrogens (tertiary/aromatic N) is 3. The average molecular weight is 200 g/mol. The number of nitrogens with two attached hydrogens (primary N) is 1. The maximum absolute atomic E-state index is 5.53. The average Bonchev–Trinajstić information content (AvgIpc) is 2.30. The second-order valence-corrected chi connectivity index (χ2v) is 3.25. The quantitative estimate of drug-likeness (QED) is 0.589. The van der Waals surface area contributed by atoms with Crippen LogP contribution in [0.2, 0.25) is 0 Å². The first-order valence-corrected chi connectivity index (χ1v) is 4.65. The lowest BCUT2D eigenvalue weighted by Crippen LogP contribution is -2.26. The van der Waals surface area contributed by atoms with Crippen LogP contribution in [0.25, 0.3) is 11.3 Å². The summed E-state index contributed by atoms with van der Waals surface area (Å²) in [6, 6.07) is 13.7. The van der Waals surface area contributed by atoms with Gasteiger partial charge in [0.05, 0.1) is 5.69 Å². The topological polar surface area (TPSA) is 55.0 Å². The number of hydrogen-bond acceptors (Lipinski definition) is 4. The van der Waals surface area contributed by atoms with Gasteiger partial charge in [-0.15, -0.1) is 10.2 Å². The van der Waals surface area contributed by atoms with Gasteiger partial charge in [-0.05, 0) is 12.1 Å². The lowest BCUT2D eigenvalue weighted by atomic mass is 10.1. The van der Waals surface area contributed by atoms with Crippen LogP contribution in [0.5, 0.6) is 0 Å². The van der Waals surface area contributed by atoms with E-state index in [1.807, 2.05) is 42.5 Å². The second-order valence-electron chi connectivity index (χ2n) is 3.25. The summed E-state index contributed by atoms with van der Waals surface area (Å²) in [6.07, 6.45) is 0. The van der Waals surface area contributed by atoms with E-state index >= 15 is 0 Å². The minimum atomic E-state index is 0.648. The summed E-state index contributed by atoms with van der Waals surface area (Å²) < 4.78 is 0. The summed E-state index contributed by atoms with van der Waals surface area (Å²) in [5.41, 5.74) is 1.90. The Kier molecular flexibility index (Phi) is 2.60. The van der Waals surface area contributed by atoms with Crippen molar-refractivity contribution in [3.63, 3.8) is 0 Å². The largest absolute Gasteiger partial charge is 0.297 e. The number of rotatable bonds is 2. The standard InChI is InChI=1S/C11H12N4/c1-15(12)11-8-7-10(13-14-11)9-5-3-2-4-6-9/h2-8H,12H2,1H3. The van der Waals surface area contributed by atoms with Crippen LogP contribution in [-0.4, -0.2) is 17.2 Å².